The summed E-state index contributed by atoms with van der Waals surface area (Å²) in [4.78, 5) is 8.98. The molecule has 94 valence electrons. The SMILES string of the molecule is CC(N)c1ccc(-n2cnc3c2CCCC3)nc1. The molecule has 0 saturated carbocycles. The number of imidazole rings is 1. The van der Waals surface area contributed by atoms with Gasteiger partial charge >= 0.3 is 0 Å². The molecule has 1 aliphatic rings. The van der Waals surface area contributed by atoms with Crippen LogP contribution in [0.15, 0.2) is 24.7 Å². The van der Waals surface area contributed by atoms with E-state index in [9.17, 15) is 0 Å². The van der Waals surface area contributed by atoms with E-state index in [-0.39, 0.29) is 6.04 Å². The number of nitrogens with zero attached hydrogens (tertiary/aromatic N) is 3. The second-order valence-corrected chi connectivity index (χ2v) is 4.95. The zero-order chi connectivity index (χ0) is 12.5. The minimum Gasteiger partial charge on any atom is -0.324 e. The van der Waals surface area contributed by atoms with Crippen LogP contribution in [-0.2, 0) is 12.8 Å². The number of nitrogens with two attached hydrogens (primary N) is 1. The summed E-state index contributed by atoms with van der Waals surface area (Å²) in [5.41, 5.74) is 9.45. The molecule has 2 aromatic heterocycles. The number of fused-ring (bicyclic) bond motifs is 1. The number of rotatable bonds is 2. The molecule has 1 unspecified atom stereocenters. The number of aromatic nitrogens is 3. The summed E-state index contributed by atoms with van der Waals surface area (Å²) >= 11 is 0. The fourth-order valence-corrected chi connectivity index (χ4v) is 2.48. The Morgan fingerprint density at radius 3 is 2.78 bits per heavy atom. The zero-order valence-corrected chi connectivity index (χ0v) is 10.6. The smallest absolute Gasteiger partial charge is 0.138 e. The van der Waals surface area contributed by atoms with Gasteiger partial charge < -0.3 is 5.73 Å². The number of hydrogen-bond acceptors (Lipinski definition) is 3. The third kappa shape index (κ3) is 1.93. The van der Waals surface area contributed by atoms with Crippen LogP contribution < -0.4 is 5.73 Å². The Labute approximate surface area is 107 Å². The van der Waals surface area contributed by atoms with Crippen molar-refractivity contribution in [3.05, 3.63) is 41.6 Å². The lowest BCUT2D eigenvalue weighted by atomic mass is 10.0. The van der Waals surface area contributed by atoms with Gasteiger partial charge in [0.25, 0.3) is 0 Å². The molecule has 2 heterocycles. The van der Waals surface area contributed by atoms with E-state index in [1.165, 1.54) is 24.2 Å². The fraction of sp³-hybridized carbons (Fsp3) is 0.429. The molecule has 0 fully saturated rings. The van der Waals surface area contributed by atoms with Crippen LogP contribution in [0.3, 0.4) is 0 Å². The molecule has 0 radical (unpaired) electrons. The van der Waals surface area contributed by atoms with Gasteiger partial charge in [0.2, 0.25) is 0 Å². The van der Waals surface area contributed by atoms with Gasteiger partial charge in [-0.15, -0.1) is 0 Å². The Hall–Kier alpha value is -1.68. The lowest BCUT2D eigenvalue weighted by molar-refractivity contribution is 0.654. The topological polar surface area (TPSA) is 56.7 Å². The predicted octanol–water partition coefficient (Wildman–Crippen LogP) is 2.17. The summed E-state index contributed by atoms with van der Waals surface area (Å²) in [6.07, 6.45) is 8.45. The second-order valence-electron chi connectivity index (χ2n) is 4.95. The van der Waals surface area contributed by atoms with Crippen molar-refractivity contribution in [3.63, 3.8) is 0 Å². The van der Waals surface area contributed by atoms with Crippen molar-refractivity contribution in [1.29, 1.82) is 0 Å². The monoisotopic (exact) mass is 242 g/mol. The van der Waals surface area contributed by atoms with Crippen LogP contribution in [0.25, 0.3) is 5.82 Å². The molecule has 1 atom stereocenters. The predicted molar refractivity (Wildman–Crippen MR) is 70.6 cm³/mol. The van der Waals surface area contributed by atoms with Crippen LogP contribution >= 0.6 is 0 Å². The molecule has 0 amide bonds. The molecule has 18 heavy (non-hydrogen) atoms. The van der Waals surface area contributed by atoms with Crippen LogP contribution in [0.4, 0.5) is 0 Å². The zero-order valence-electron chi connectivity index (χ0n) is 10.6. The van der Waals surface area contributed by atoms with Gasteiger partial charge in [-0.3, -0.25) is 4.57 Å². The molecule has 2 aromatic rings. The lowest BCUT2D eigenvalue weighted by Crippen LogP contribution is -2.09. The van der Waals surface area contributed by atoms with Crippen molar-refractivity contribution in [2.45, 2.75) is 38.6 Å². The average Bonchev–Trinajstić information content (AvgIpc) is 2.82. The molecular weight excluding hydrogens is 224 g/mol. The normalized spacial score (nSPS) is 16.3. The Morgan fingerprint density at radius 1 is 1.22 bits per heavy atom. The highest BCUT2D eigenvalue weighted by Crippen LogP contribution is 2.22. The first-order chi connectivity index (χ1) is 8.75. The Balaban J connectivity index is 1.97. The standard InChI is InChI=1S/C14H18N4/c1-10(15)11-6-7-14(16-8-11)18-9-17-12-4-2-3-5-13(12)18/h6-10H,2-5,15H2,1H3. The molecule has 0 saturated heterocycles. The van der Waals surface area contributed by atoms with E-state index < -0.39 is 0 Å². The molecule has 0 spiro atoms. The highest BCUT2D eigenvalue weighted by molar-refractivity contribution is 5.32. The van der Waals surface area contributed by atoms with E-state index in [1.807, 2.05) is 31.6 Å². The molecule has 1 aliphatic carbocycles. The summed E-state index contributed by atoms with van der Waals surface area (Å²) in [7, 11) is 0. The van der Waals surface area contributed by atoms with Gasteiger partial charge in [-0.1, -0.05) is 6.07 Å². The minimum absolute atomic E-state index is 0.0308. The Bertz CT molecular complexity index is 539. The summed E-state index contributed by atoms with van der Waals surface area (Å²) in [5.74, 6) is 0.940. The van der Waals surface area contributed by atoms with E-state index in [2.05, 4.69) is 14.5 Å². The third-order valence-corrected chi connectivity index (χ3v) is 3.57. The first-order valence-corrected chi connectivity index (χ1v) is 6.52. The van der Waals surface area contributed by atoms with E-state index in [0.29, 0.717) is 0 Å². The highest BCUT2D eigenvalue weighted by atomic mass is 15.1. The van der Waals surface area contributed by atoms with Crippen LogP contribution in [0.5, 0.6) is 0 Å². The van der Waals surface area contributed by atoms with Crippen molar-refractivity contribution in [1.82, 2.24) is 14.5 Å². The molecule has 4 nitrogen and oxygen atoms in total. The third-order valence-electron chi connectivity index (χ3n) is 3.57. The van der Waals surface area contributed by atoms with E-state index in [1.54, 1.807) is 0 Å². The molecule has 4 heteroatoms. The average molecular weight is 242 g/mol. The van der Waals surface area contributed by atoms with Crippen molar-refractivity contribution in [2.24, 2.45) is 5.73 Å². The molecule has 0 aliphatic heterocycles. The Morgan fingerprint density at radius 2 is 2.06 bits per heavy atom. The summed E-state index contributed by atoms with van der Waals surface area (Å²) in [5, 5.41) is 0. The molecular formula is C14H18N4. The number of aryl methyl sites for hydroxylation is 1. The van der Waals surface area contributed by atoms with Crippen LogP contribution in [0.2, 0.25) is 0 Å². The molecule has 0 aromatic carbocycles. The Kier molecular flexibility index (Phi) is 2.88. The van der Waals surface area contributed by atoms with Crippen LogP contribution in [-0.4, -0.2) is 14.5 Å². The second kappa shape index (κ2) is 4.53. The van der Waals surface area contributed by atoms with E-state index in [4.69, 9.17) is 5.73 Å². The number of pyridine rings is 1. The molecule has 2 N–H and O–H groups in total. The molecule has 3 rings (SSSR count). The highest BCUT2D eigenvalue weighted by Gasteiger charge is 2.16. The van der Waals surface area contributed by atoms with Gasteiger partial charge in [0.15, 0.2) is 0 Å². The van der Waals surface area contributed by atoms with Crippen molar-refractivity contribution in [2.75, 3.05) is 0 Å². The maximum Gasteiger partial charge on any atom is 0.138 e. The van der Waals surface area contributed by atoms with Crippen molar-refractivity contribution < 1.29 is 0 Å². The molecule has 0 bridgehead atoms. The first kappa shape index (κ1) is 11.4. The van der Waals surface area contributed by atoms with Gasteiger partial charge in [-0.25, -0.2) is 9.97 Å². The van der Waals surface area contributed by atoms with Crippen molar-refractivity contribution >= 4 is 0 Å². The van der Waals surface area contributed by atoms with Gasteiger partial charge in [0.1, 0.15) is 12.1 Å². The lowest BCUT2D eigenvalue weighted by Gasteiger charge is -2.14. The van der Waals surface area contributed by atoms with Gasteiger partial charge in [0.05, 0.1) is 5.69 Å². The van der Waals surface area contributed by atoms with Crippen LogP contribution in [0.1, 0.15) is 42.8 Å². The summed E-state index contributed by atoms with van der Waals surface area (Å²) in [6, 6.07) is 4.10. The van der Waals surface area contributed by atoms with Gasteiger partial charge in [0, 0.05) is 17.9 Å². The quantitative estimate of drug-likeness (QED) is 0.878. The van der Waals surface area contributed by atoms with Gasteiger partial charge in [-0.05, 0) is 44.2 Å². The van der Waals surface area contributed by atoms with E-state index in [0.717, 1.165) is 24.2 Å². The van der Waals surface area contributed by atoms with Gasteiger partial charge in [-0.2, -0.15) is 0 Å². The fourth-order valence-electron chi connectivity index (χ4n) is 2.48. The number of hydrogen-bond donors (Lipinski definition) is 1. The summed E-state index contributed by atoms with van der Waals surface area (Å²) < 4.78 is 2.11. The van der Waals surface area contributed by atoms with Crippen molar-refractivity contribution in [3.8, 4) is 5.82 Å². The maximum atomic E-state index is 5.83. The summed E-state index contributed by atoms with van der Waals surface area (Å²) in [6.45, 7) is 1.97. The first-order valence-electron chi connectivity index (χ1n) is 6.52. The largest absolute Gasteiger partial charge is 0.324 e. The minimum atomic E-state index is 0.0308. The van der Waals surface area contributed by atoms with E-state index >= 15 is 0 Å². The van der Waals surface area contributed by atoms with Crippen LogP contribution in [0, 0.1) is 0 Å². The maximum absolute atomic E-state index is 5.83.